The molecule has 0 bridgehead atoms. The van der Waals surface area contributed by atoms with Crippen LogP contribution in [0.5, 0.6) is 17.2 Å². The zero-order chi connectivity index (χ0) is 39.6. The van der Waals surface area contributed by atoms with Crippen molar-refractivity contribution in [2.45, 2.75) is 19.0 Å². The van der Waals surface area contributed by atoms with Crippen LogP contribution >= 0.6 is 23.5 Å². The summed E-state index contributed by atoms with van der Waals surface area (Å²) in [6, 6.07) is 10.8. The first-order valence-electron chi connectivity index (χ1n) is 17.7. The molecule has 18 heteroatoms. The molecule has 0 spiro atoms. The number of hydrogen-bond acceptors (Lipinski definition) is 16. The Hall–Kier alpha value is -4.17. The standard InChI is InChI=1S/C20H24N2O7S.C14H16N2O4S.C3H9N/c1-26-4-5-27-6-7-28-8-9-29-14-2-3-15-13(10-14)11-17(23)18(21-15)19-22-16(12-30-19)20(24)25;17-12-7-9(16-3-5-20-6-4-16)1-2-10(12)13-15-11(8-21-13)14(18)19;1-3-4-2/h2-3,10-11,16,23H,4-9,12H2,1H3,(H,24,25);1-2,7,11,17H,3-6,8H2,(H,18,19);4H,3H2,1-2H3/t16-;11-;/m11./s1. The van der Waals surface area contributed by atoms with Crippen molar-refractivity contribution in [1.82, 2.24) is 10.3 Å². The summed E-state index contributed by atoms with van der Waals surface area (Å²) < 4.78 is 26.6. The number of carboxylic acids is 2. The van der Waals surface area contributed by atoms with Crippen molar-refractivity contribution in [3.8, 4) is 17.2 Å². The fourth-order valence-corrected chi connectivity index (χ4v) is 7.15. The molecule has 300 valence electrons. The largest absolute Gasteiger partial charge is 0.507 e. The molecule has 2 aromatic carbocycles. The van der Waals surface area contributed by atoms with Crippen molar-refractivity contribution in [3.63, 3.8) is 0 Å². The average molecular weight is 804 g/mol. The van der Waals surface area contributed by atoms with Gasteiger partial charge in [0.2, 0.25) is 0 Å². The number of aromatic hydroxyl groups is 2. The number of aliphatic carboxylic acids is 2. The van der Waals surface area contributed by atoms with Gasteiger partial charge in [-0.25, -0.2) is 14.6 Å². The van der Waals surface area contributed by atoms with E-state index in [1.165, 1.54) is 23.5 Å². The van der Waals surface area contributed by atoms with E-state index in [1.54, 1.807) is 43.5 Å². The first-order chi connectivity index (χ1) is 26.6. The van der Waals surface area contributed by atoms with Gasteiger partial charge in [0.25, 0.3) is 0 Å². The molecule has 4 heterocycles. The van der Waals surface area contributed by atoms with Crippen LogP contribution in [0, 0.1) is 0 Å². The number of fused-ring (bicyclic) bond motifs is 1. The second-order valence-electron chi connectivity index (χ2n) is 12.0. The van der Waals surface area contributed by atoms with Crippen molar-refractivity contribution < 1.29 is 53.7 Å². The second kappa shape index (κ2) is 23.0. The van der Waals surface area contributed by atoms with Gasteiger partial charge in [-0.15, -0.1) is 23.5 Å². The molecule has 0 radical (unpaired) electrons. The Morgan fingerprint density at radius 3 is 2.07 bits per heavy atom. The molecule has 2 atom stereocenters. The molecular formula is C37H49N5O11S2. The van der Waals surface area contributed by atoms with Gasteiger partial charge in [0, 0.05) is 54.4 Å². The molecule has 0 unspecified atom stereocenters. The number of pyridine rings is 1. The first-order valence-corrected chi connectivity index (χ1v) is 19.7. The number of thioether (sulfide) groups is 2. The highest BCUT2D eigenvalue weighted by molar-refractivity contribution is 8.15. The molecule has 55 heavy (non-hydrogen) atoms. The van der Waals surface area contributed by atoms with Crippen LogP contribution in [0.4, 0.5) is 5.69 Å². The lowest BCUT2D eigenvalue weighted by atomic mass is 10.1. The van der Waals surface area contributed by atoms with Gasteiger partial charge in [-0.05, 0) is 50.0 Å². The third-order valence-corrected chi connectivity index (χ3v) is 10.2. The molecule has 3 aliphatic heterocycles. The highest BCUT2D eigenvalue weighted by Gasteiger charge is 2.28. The Morgan fingerprint density at radius 1 is 0.855 bits per heavy atom. The minimum atomic E-state index is -0.984. The van der Waals surface area contributed by atoms with E-state index >= 15 is 0 Å². The van der Waals surface area contributed by atoms with E-state index in [0.29, 0.717) is 102 Å². The van der Waals surface area contributed by atoms with Gasteiger partial charge in [-0.2, -0.15) is 0 Å². The zero-order valence-corrected chi connectivity index (χ0v) is 32.8. The Bertz CT molecular complexity index is 1770. The number of nitrogens with zero attached hydrogens (tertiary/aromatic N) is 4. The number of carboxylic acid groups (broad SMARTS) is 2. The fourth-order valence-electron chi connectivity index (χ4n) is 5.07. The van der Waals surface area contributed by atoms with Gasteiger partial charge in [-0.3, -0.25) is 9.98 Å². The van der Waals surface area contributed by atoms with Gasteiger partial charge in [0.15, 0.2) is 12.1 Å². The van der Waals surface area contributed by atoms with Crippen molar-refractivity contribution in [2.24, 2.45) is 9.98 Å². The summed E-state index contributed by atoms with van der Waals surface area (Å²) >= 11 is 2.64. The monoisotopic (exact) mass is 803 g/mol. The molecule has 3 aliphatic rings. The molecule has 0 aliphatic carbocycles. The van der Waals surface area contributed by atoms with Crippen LogP contribution in [-0.2, 0) is 28.5 Å². The molecule has 1 saturated heterocycles. The minimum Gasteiger partial charge on any atom is -0.507 e. The minimum absolute atomic E-state index is 0.0475. The molecule has 5 N–H and O–H groups in total. The summed E-state index contributed by atoms with van der Waals surface area (Å²) in [5, 5.41) is 43.3. The number of aromatic nitrogens is 1. The van der Waals surface area contributed by atoms with Gasteiger partial charge in [0.1, 0.15) is 39.6 Å². The topological polar surface area (TPSA) is 214 Å². The maximum atomic E-state index is 11.1. The van der Waals surface area contributed by atoms with Crippen molar-refractivity contribution >= 4 is 62.1 Å². The number of ether oxygens (including phenoxy) is 5. The summed E-state index contributed by atoms with van der Waals surface area (Å²) in [5.74, 6) is -0.447. The number of nitrogens with one attached hydrogen (secondary N) is 1. The Kier molecular flexibility index (Phi) is 18.2. The normalized spacial score (nSPS) is 17.8. The SMILES string of the molecule is CCNC.COCCOCCOCCOc1ccc2nc(C3=N[C@@H](C(=O)O)CS3)c(O)cc2c1.O=C(O)[C@H]1CSC(c2ccc(N3CCOCC3)cc2O)=N1. The number of morpholine rings is 1. The van der Waals surface area contributed by atoms with Crippen LogP contribution in [0.25, 0.3) is 10.9 Å². The second-order valence-corrected chi connectivity index (χ2v) is 14.0. The lowest BCUT2D eigenvalue weighted by Crippen LogP contribution is -2.36. The van der Waals surface area contributed by atoms with E-state index in [0.717, 1.165) is 25.3 Å². The van der Waals surface area contributed by atoms with Crippen molar-refractivity contribution in [3.05, 3.63) is 53.7 Å². The predicted octanol–water partition coefficient (Wildman–Crippen LogP) is 3.35. The van der Waals surface area contributed by atoms with Crippen molar-refractivity contribution in [1.29, 1.82) is 0 Å². The van der Waals surface area contributed by atoms with Crippen LogP contribution in [0.1, 0.15) is 18.2 Å². The molecule has 0 amide bonds. The molecule has 1 fully saturated rings. The van der Waals surface area contributed by atoms with Gasteiger partial charge >= 0.3 is 11.9 Å². The first kappa shape index (κ1) is 43.6. The predicted molar refractivity (Wildman–Crippen MR) is 214 cm³/mol. The highest BCUT2D eigenvalue weighted by Crippen LogP contribution is 2.33. The quantitative estimate of drug-likeness (QED) is 0.131. The van der Waals surface area contributed by atoms with E-state index < -0.39 is 24.0 Å². The number of benzene rings is 2. The van der Waals surface area contributed by atoms with Crippen LogP contribution in [-0.4, -0.2) is 158 Å². The number of carbonyl (C=O) groups is 2. The number of phenols is 1. The summed E-state index contributed by atoms with van der Waals surface area (Å²) in [6.07, 6.45) is 0. The summed E-state index contributed by atoms with van der Waals surface area (Å²) in [6.45, 7) is 9.01. The number of methoxy groups -OCH3 is 1. The third kappa shape index (κ3) is 13.5. The van der Waals surface area contributed by atoms with Gasteiger partial charge in [-0.1, -0.05) is 6.92 Å². The third-order valence-electron chi connectivity index (χ3n) is 8.08. The average Bonchev–Trinajstić information content (AvgIpc) is 3.89. The van der Waals surface area contributed by atoms with Crippen LogP contribution in [0.3, 0.4) is 0 Å². The highest BCUT2D eigenvalue weighted by atomic mass is 32.2. The van der Waals surface area contributed by atoms with Gasteiger partial charge < -0.3 is 54.3 Å². The number of anilines is 1. The molecule has 6 rings (SSSR count). The van der Waals surface area contributed by atoms with E-state index in [2.05, 4.69) is 32.1 Å². The van der Waals surface area contributed by atoms with E-state index in [9.17, 15) is 19.8 Å². The molecule has 0 saturated carbocycles. The van der Waals surface area contributed by atoms with E-state index in [4.69, 9.17) is 33.9 Å². The van der Waals surface area contributed by atoms with E-state index in [1.807, 2.05) is 13.1 Å². The Labute approximate surface area is 328 Å². The number of phenolic OH excluding ortho intramolecular Hbond substituents is 1. The molecule has 3 aromatic rings. The number of aliphatic imine (C=N–C) groups is 2. The zero-order valence-electron chi connectivity index (χ0n) is 31.1. The Morgan fingerprint density at radius 2 is 1.47 bits per heavy atom. The molecule has 1 aromatic heterocycles. The van der Waals surface area contributed by atoms with Crippen LogP contribution in [0.2, 0.25) is 0 Å². The summed E-state index contributed by atoms with van der Waals surface area (Å²) in [4.78, 5) is 36.9. The lowest BCUT2D eigenvalue weighted by Gasteiger charge is -2.29. The lowest BCUT2D eigenvalue weighted by molar-refractivity contribution is -0.138. The fraction of sp³-hybridized carbons (Fsp3) is 0.486. The van der Waals surface area contributed by atoms with E-state index in [-0.39, 0.29) is 11.5 Å². The number of hydrogen-bond donors (Lipinski definition) is 5. The van der Waals surface area contributed by atoms with Gasteiger partial charge in [0.05, 0.1) is 51.8 Å². The van der Waals surface area contributed by atoms with Crippen LogP contribution in [0.15, 0.2) is 52.4 Å². The smallest absolute Gasteiger partial charge is 0.329 e. The van der Waals surface area contributed by atoms with Crippen molar-refractivity contribution in [2.75, 3.05) is 103 Å². The Balaban J connectivity index is 0.000000234. The molecular weight excluding hydrogens is 755 g/mol. The maximum Gasteiger partial charge on any atom is 0.329 e. The summed E-state index contributed by atoms with van der Waals surface area (Å²) in [7, 11) is 3.56. The summed E-state index contributed by atoms with van der Waals surface area (Å²) in [5.41, 5.74) is 2.49. The molecule has 16 nitrogen and oxygen atoms in total. The van der Waals surface area contributed by atoms with Crippen LogP contribution < -0.4 is 15.0 Å². The number of rotatable bonds is 16. The maximum absolute atomic E-state index is 11.1.